The Morgan fingerprint density at radius 3 is 2.62 bits per heavy atom. The zero-order valence-corrected chi connectivity index (χ0v) is 8.03. The van der Waals surface area contributed by atoms with E-state index in [-0.39, 0.29) is 0 Å². The number of hydrogen-bond acceptors (Lipinski definition) is 2. The molecule has 0 aliphatic rings. The molecule has 0 amide bonds. The van der Waals surface area contributed by atoms with Gasteiger partial charge in [-0.1, -0.05) is 31.5 Å². The van der Waals surface area contributed by atoms with E-state index >= 15 is 0 Å². The standard InChI is InChI=1S/C11H17NO/c1-2-9(8-12)7-10-5-3-4-6-11(10)13/h3-6,9,13H,2,7-8,12H2,1H3. The average Bonchev–Trinajstić information content (AvgIpc) is 2.17. The smallest absolute Gasteiger partial charge is 0.118 e. The number of rotatable bonds is 4. The number of benzene rings is 1. The molecule has 1 rings (SSSR count). The average molecular weight is 179 g/mol. The van der Waals surface area contributed by atoms with E-state index in [2.05, 4.69) is 6.92 Å². The highest BCUT2D eigenvalue weighted by Crippen LogP contribution is 2.20. The third-order valence-electron chi connectivity index (χ3n) is 2.41. The van der Waals surface area contributed by atoms with Gasteiger partial charge in [-0.15, -0.1) is 0 Å². The molecule has 0 aromatic heterocycles. The molecule has 0 saturated heterocycles. The maximum atomic E-state index is 9.51. The van der Waals surface area contributed by atoms with E-state index in [0.29, 0.717) is 18.2 Å². The number of para-hydroxylation sites is 1. The molecular weight excluding hydrogens is 162 g/mol. The second-order valence-corrected chi connectivity index (χ2v) is 3.34. The lowest BCUT2D eigenvalue weighted by Crippen LogP contribution is -2.15. The third kappa shape index (κ3) is 2.74. The van der Waals surface area contributed by atoms with Crippen LogP contribution < -0.4 is 5.73 Å². The second-order valence-electron chi connectivity index (χ2n) is 3.34. The quantitative estimate of drug-likeness (QED) is 0.741. The number of aromatic hydroxyl groups is 1. The molecule has 0 bridgehead atoms. The Balaban J connectivity index is 2.67. The number of phenols is 1. The lowest BCUT2D eigenvalue weighted by atomic mass is 9.96. The SMILES string of the molecule is CCC(CN)Cc1ccccc1O. The first-order valence-electron chi connectivity index (χ1n) is 4.74. The first-order chi connectivity index (χ1) is 6.27. The predicted octanol–water partition coefficient (Wildman–Crippen LogP) is 1.92. The second kappa shape index (κ2) is 4.87. The van der Waals surface area contributed by atoms with Gasteiger partial charge >= 0.3 is 0 Å². The van der Waals surface area contributed by atoms with Gasteiger partial charge in [0.1, 0.15) is 5.75 Å². The van der Waals surface area contributed by atoms with Crippen molar-refractivity contribution in [1.82, 2.24) is 0 Å². The van der Waals surface area contributed by atoms with Crippen molar-refractivity contribution in [3.8, 4) is 5.75 Å². The maximum Gasteiger partial charge on any atom is 0.118 e. The fraction of sp³-hybridized carbons (Fsp3) is 0.455. The third-order valence-corrected chi connectivity index (χ3v) is 2.41. The largest absolute Gasteiger partial charge is 0.508 e. The van der Waals surface area contributed by atoms with Crippen LogP contribution >= 0.6 is 0 Å². The van der Waals surface area contributed by atoms with E-state index < -0.39 is 0 Å². The lowest BCUT2D eigenvalue weighted by Gasteiger charge is -2.12. The van der Waals surface area contributed by atoms with Crippen LogP contribution in [0, 0.1) is 5.92 Å². The van der Waals surface area contributed by atoms with Gasteiger partial charge in [-0.2, -0.15) is 0 Å². The molecule has 72 valence electrons. The minimum atomic E-state index is 0.384. The van der Waals surface area contributed by atoms with Gasteiger partial charge in [0, 0.05) is 0 Å². The highest BCUT2D eigenvalue weighted by atomic mass is 16.3. The highest BCUT2D eigenvalue weighted by Gasteiger charge is 2.07. The molecule has 1 atom stereocenters. The van der Waals surface area contributed by atoms with Gasteiger partial charge < -0.3 is 10.8 Å². The van der Waals surface area contributed by atoms with Crippen LogP contribution in [-0.4, -0.2) is 11.7 Å². The summed E-state index contributed by atoms with van der Waals surface area (Å²) in [4.78, 5) is 0. The van der Waals surface area contributed by atoms with E-state index in [4.69, 9.17) is 5.73 Å². The van der Waals surface area contributed by atoms with Crippen LogP contribution in [-0.2, 0) is 6.42 Å². The maximum absolute atomic E-state index is 9.51. The minimum absolute atomic E-state index is 0.384. The molecule has 0 saturated carbocycles. The van der Waals surface area contributed by atoms with Gasteiger partial charge in [0.05, 0.1) is 0 Å². The summed E-state index contributed by atoms with van der Waals surface area (Å²) < 4.78 is 0. The molecule has 1 unspecified atom stereocenters. The summed E-state index contributed by atoms with van der Waals surface area (Å²) in [5, 5.41) is 9.51. The first kappa shape index (κ1) is 10.1. The summed E-state index contributed by atoms with van der Waals surface area (Å²) >= 11 is 0. The predicted molar refractivity (Wildman–Crippen MR) is 54.6 cm³/mol. The zero-order valence-electron chi connectivity index (χ0n) is 8.03. The fourth-order valence-electron chi connectivity index (χ4n) is 1.39. The van der Waals surface area contributed by atoms with Crippen molar-refractivity contribution in [2.24, 2.45) is 11.7 Å². The molecule has 1 aromatic carbocycles. The van der Waals surface area contributed by atoms with Crippen molar-refractivity contribution in [3.05, 3.63) is 29.8 Å². The monoisotopic (exact) mass is 179 g/mol. The molecule has 13 heavy (non-hydrogen) atoms. The van der Waals surface area contributed by atoms with Crippen molar-refractivity contribution in [2.45, 2.75) is 19.8 Å². The van der Waals surface area contributed by atoms with Crippen LogP contribution in [0.4, 0.5) is 0 Å². The minimum Gasteiger partial charge on any atom is -0.508 e. The summed E-state index contributed by atoms with van der Waals surface area (Å²) in [5.41, 5.74) is 6.60. The van der Waals surface area contributed by atoms with Crippen LogP contribution in [0.2, 0.25) is 0 Å². The van der Waals surface area contributed by atoms with Crippen LogP contribution in [0.5, 0.6) is 5.75 Å². The molecule has 2 heteroatoms. The Bertz CT molecular complexity index is 256. The van der Waals surface area contributed by atoms with E-state index in [9.17, 15) is 5.11 Å². The van der Waals surface area contributed by atoms with Gasteiger partial charge in [-0.25, -0.2) is 0 Å². The summed E-state index contributed by atoms with van der Waals surface area (Å²) in [6.45, 7) is 2.81. The Morgan fingerprint density at radius 2 is 2.08 bits per heavy atom. The summed E-state index contributed by atoms with van der Waals surface area (Å²) in [6.07, 6.45) is 1.94. The summed E-state index contributed by atoms with van der Waals surface area (Å²) in [5.74, 6) is 0.864. The summed E-state index contributed by atoms with van der Waals surface area (Å²) in [7, 11) is 0. The Morgan fingerprint density at radius 1 is 1.38 bits per heavy atom. The molecule has 0 fully saturated rings. The molecule has 0 radical (unpaired) electrons. The zero-order chi connectivity index (χ0) is 9.68. The molecule has 0 spiro atoms. The van der Waals surface area contributed by atoms with E-state index in [0.717, 1.165) is 18.4 Å². The van der Waals surface area contributed by atoms with Crippen molar-refractivity contribution < 1.29 is 5.11 Å². The van der Waals surface area contributed by atoms with Crippen molar-refractivity contribution in [2.75, 3.05) is 6.54 Å². The van der Waals surface area contributed by atoms with E-state index in [1.165, 1.54) is 0 Å². The molecule has 0 aliphatic heterocycles. The normalized spacial score (nSPS) is 12.8. The van der Waals surface area contributed by atoms with Crippen molar-refractivity contribution in [3.63, 3.8) is 0 Å². The van der Waals surface area contributed by atoms with E-state index in [1.807, 2.05) is 18.2 Å². The number of hydrogen-bond donors (Lipinski definition) is 2. The number of phenolic OH excluding ortho intramolecular Hbond substituents is 1. The molecule has 0 heterocycles. The Labute approximate surface area is 79.4 Å². The van der Waals surface area contributed by atoms with E-state index in [1.54, 1.807) is 6.07 Å². The molecule has 0 aliphatic carbocycles. The molecular formula is C11H17NO. The fourth-order valence-corrected chi connectivity index (χ4v) is 1.39. The lowest BCUT2D eigenvalue weighted by molar-refractivity contribution is 0.452. The van der Waals surface area contributed by atoms with Crippen molar-refractivity contribution in [1.29, 1.82) is 0 Å². The van der Waals surface area contributed by atoms with Gasteiger partial charge in [0.15, 0.2) is 0 Å². The molecule has 1 aromatic rings. The van der Waals surface area contributed by atoms with Crippen LogP contribution in [0.25, 0.3) is 0 Å². The first-order valence-corrected chi connectivity index (χ1v) is 4.74. The van der Waals surface area contributed by atoms with Gasteiger partial charge in [0.2, 0.25) is 0 Å². The van der Waals surface area contributed by atoms with Crippen molar-refractivity contribution >= 4 is 0 Å². The molecule has 2 nitrogen and oxygen atoms in total. The topological polar surface area (TPSA) is 46.2 Å². The Kier molecular flexibility index (Phi) is 3.77. The van der Waals surface area contributed by atoms with Crippen LogP contribution in [0.1, 0.15) is 18.9 Å². The van der Waals surface area contributed by atoms with Gasteiger partial charge in [-0.3, -0.25) is 0 Å². The number of nitrogens with two attached hydrogens (primary N) is 1. The molecule has 3 N–H and O–H groups in total. The summed E-state index contributed by atoms with van der Waals surface area (Å²) in [6, 6.07) is 7.45. The van der Waals surface area contributed by atoms with Crippen LogP contribution in [0.15, 0.2) is 24.3 Å². The van der Waals surface area contributed by atoms with Gasteiger partial charge in [0.25, 0.3) is 0 Å². The Hall–Kier alpha value is -1.02. The highest BCUT2D eigenvalue weighted by molar-refractivity contribution is 5.32. The van der Waals surface area contributed by atoms with Crippen LogP contribution in [0.3, 0.4) is 0 Å². The van der Waals surface area contributed by atoms with Gasteiger partial charge in [-0.05, 0) is 30.5 Å².